The van der Waals surface area contributed by atoms with E-state index in [1.165, 1.54) is 11.1 Å². The van der Waals surface area contributed by atoms with Gasteiger partial charge < -0.3 is 10.2 Å². The van der Waals surface area contributed by atoms with E-state index in [9.17, 15) is 9.59 Å². The third kappa shape index (κ3) is 5.95. The fraction of sp³-hybridized carbons (Fsp3) is 0.462. The number of nitrogens with zero attached hydrogens (tertiary/aromatic N) is 2. The Morgan fingerprint density at radius 1 is 0.903 bits per heavy atom. The fourth-order valence-corrected chi connectivity index (χ4v) is 4.80. The van der Waals surface area contributed by atoms with Crippen LogP contribution >= 0.6 is 0 Å². The van der Waals surface area contributed by atoms with Crippen molar-refractivity contribution < 1.29 is 9.59 Å². The van der Waals surface area contributed by atoms with Crippen LogP contribution in [0.4, 0.5) is 0 Å². The quantitative estimate of drug-likeness (QED) is 0.751. The molecule has 1 atom stereocenters. The van der Waals surface area contributed by atoms with Gasteiger partial charge in [-0.3, -0.25) is 14.5 Å². The summed E-state index contributed by atoms with van der Waals surface area (Å²) < 4.78 is 0. The smallest absolute Gasteiger partial charge is 0.237 e. The topological polar surface area (TPSA) is 52.7 Å². The van der Waals surface area contributed by atoms with E-state index in [-0.39, 0.29) is 24.3 Å². The van der Waals surface area contributed by atoms with Crippen molar-refractivity contribution in [2.24, 2.45) is 5.92 Å². The van der Waals surface area contributed by atoms with E-state index in [1.807, 2.05) is 23.1 Å². The summed E-state index contributed by atoms with van der Waals surface area (Å²) in [7, 11) is 0. The van der Waals surface area contributed by atoms with Gasteiger partial charge in [0.25, 0.3) is 0 Å². The van der Waals surface area contributed by atoms with Crippen LogP contribution in [0.3, 0.4) is 0 Å². The van der Waals surface area contributed by atoms with E-state index < -0.39 is 0 Å². The van der Waals surface area contributed by atoms with E-state index >= 15 is 0 Å². The lowest BCUT2D eigenvalue weighted by atomic mass is 9.90. The first-order chi connectivity index (χ1) is 15.2. The predicted octanol–water partition coefficient (Wildman–Crippen LogP) is 2.90. The molecule has 2 fully saturated rings. The summed E-state index contributed by atoms with van der Waals surface area (Å²) >= 11 is 0. The molecule has 2 amide bonds. The molecule has 2 aromatic rings. The van der Waals surface area contributed by atoms with Crippen LogP contribution in [0.2, 0.25) is 0 Å². The highest BCUT2D eigenvalue weighted by Crippen LogP contribution is 2.23. The van der Waals surface area contributed by atoms with Crippen LogP contribution in [-0.2, 0) is 22.4 Å². The monoisotopic (exact) mass is 419 g/mol. The van der Waals surface area contributed by atoms with Gasteiger partial charge in [-0.05, 0) is 42.7 Å². The van der Waals surface area contributed by atoms with Crippen LogP contribution < -0.4 is 5.32 Å². The largest absolute Gasteiger partial charge is 0.353 e. The number of amides is 2. The maximum atomic E-state index is 13.0. The summed E-state index contributed by atoms with van der Waals surface area (Å²) in [6, 6.07) is 20.6. The molecule has 0 radical (unpaired) electrons. The fourth-order valence-electron chi connectivity index (χ4n) is 4.80. The van der Waals surface area contributed by atoms with Gasteiger partial charge in [-0.1, -0.05) is 60.7 Å². The number of piperazine rings is 1. The summed E-state index contributed by atoms with van der Waals surface area (Å²) in [5.41, 5.74) is 2.64. The molecule has 2 aliphatic rings. The molecule has 0 bridgehead atoms. The molecular formula is C26H33N3O2. The molecular weight excluding hydrogens is 386 g/mol. The van der Waals surface area contributed by atoms with Gasteiger partial charge in [-0.2, -0.15) is 0 Å². The zero-order chi connectivity index (χ0) is 21.5. The number of benzene rings is 2. The average molecular weight is 420 g/mol. The number of hydrogen-bond donors (Lipinski definition) is 1. The highest BCUT2D eigenvalue weighted by molar-refractivity contribution is 5.88. The lowest BCUT2D eigenvalue weighted by Gasteiger charge is -2.37. The highest BCUT2D eigenvalue weighted by Gasteiger charge is 2.33. The number of piperidine rings is 1. The first-order valence-corrected chi connectivity index (χ1v) is 11.6. The Hall–Kier alpha value is -2.66. The van der Waals surface area contributed by atoms with Gasteiger partial charge in [0.2, 0.25) is 11.8 Å². The summed E-state index contributed by atoms with van der Waals surface area (Å²) in [5.74, 6) is 0.739. The second-order valence-electron chi connectivity index (χ2n) is 8.80. The minimum absolute atomic E-state index is 0.00775. The predicted molar refractivity (Wildman–Crippen MR) is 123 cm³/mol. The van der Waals surface area contributed by atoms with Gasteiger partial charge in [0.1, 0.15) is 0 Å². The van der Waals surface area contributed by atoms with Gasteiger partial charge in [-0.25, -0.2) is 0 Å². The summed E-state index contributed by atoms with van der Waals surface area (Å²) in [6.45, 7) is 3.86. The SMILES string of the molecule is O=C1NCCN(CCc2ccccc2)[C@H]1CC(=O)N1CCC(Cc2ccccc2)CC1. The Labute approximate surface area is 185 Å². The van der Waals surface area contributed by atoms with Crippen molar-refractivity contribution in [1.29, 1.82) is 0 Å². The van der Waals surface area contributed by atoms with E-state index in [1.54, 1.807) is 0 Å². The van der Waals surface area contributed by atoms with Crippen molar-refractivity contribution in [3.63, 3.8) is 0 Å². The van der Waals surface area contributed by atoms with E-state index in [2.05, 4.69) is 52.7 Å². The van der Waals surface area contributed by atoms with Crippen molar-refractivity contribution in [3.05, 3.63) is 71.8 Å². The second kappa shape index (κ2) is 10.6. The van der Waals surface area contributed by atoms with Crippen LogP contribution in [0.15, 0.2) is 60.7 Å². The number of likely N-dealkylation sites (tertiary alicyclic amines) is 1. The van der Waals surface area contributed by atoms with Gasteiger partial charge >= 0.3 is 0 Å². The third-order valence-corrected chi connectivity index (χ3v) is 6.67. The van der Waals surface area contributed by atoms with E-state index in [0.29, 0.717) is 12.5 Å². The maximum absolute atomic E-state index is 13.0. The minimum Gasteiger partial charge on any atom is -0.353 e. The van der Waals surface area contributed by atoms with Gasteiger partial charge in [0, 0.05) is 32.7 Å². The third-order valence-electron chi connectivity index (χ3n) is 6.67. The van der Waals surface area contributed by atoms with Crippen molar-refractivity contribution in [3.8, 4) is 0 Å². The zero-order valence-electron chi connectivity index (χ0n) is 18.2. The lowest BCUT2D eigenvalue weighted by molar-refractivity contribution is -0.139. The van der Waals surface area contributed by atoms with Crippen molar-refractivity contribution in [2.45, 2.75) is 38.1 Å². The molecule has 0 aromatic heterocycles. The number of rotatable bonds is 7. The number of carbonyl (C=O) groups is 2. The summed E-state index contributed by atoms with van der Waals surface area (Å²) in [5, 5.41) is 2.95. The number of hydrogen-bond acceptors (Lipinski definition) is 3. The Morgan fingerprint density at radius 3 is 2.23 bits per heavy atom. The second-order valence-corrected chi connectivity index (χ2v) is 8.80. The summed E-state index contributed by atoms with van der Waals surface area (Å²) in [4.78, 5) is 29.7. The highest BCUT2D eigenvalue weighted by atomic mass is 16.2. The first kappa shape index (κ1) is 21.6. The molecule has 5 nitrogen and oxygen atoms in total. The lowest BCUT2D eigenvalue weighted by Crippen LogP contribution is -2.57. The normalized spacial score (nSPS) is 20.5. The van der Waals surface area contributed by atoms with E-state index in [0.717, 1.165) is 51.9 Å². The molecule has 31 heavy (non-hydrogen) atoms. The molecule has 164 valence electrons. The van der Waals surface area contributed by atoms with Gasteiger partial charge in [0.05, 0.1) is 12.5 Å². The molecule has 1 N–H and O–H groups in total. The van der Waals surface area contributed by atoms with Crippen LogP contribution in [0.25, 0.3) is 0 Å². The zero-order valence-corrected chi connectivity index (χ0v) is 18.2. The molecule has 0 spiro atoms. The number of nitrogens with one attached hydrogen (secondary N) is 1. The van der Waals surface area contributed by atoms with Gasteiger partial charge in [0.15, 0.2) is 0 Å². The maximum Gasteiger partial charge on any atom is 0.237 e. The Balaban J connectivity index is 1.28. The Morgan fingerprint density at radius 2 is 1.55 bits per heavy atom. The summed E-state index contributed by atoms with van der Waals surface area (Å²) in [6.07, 6.45) is 4.33. The molecule has 2 aromatic carbocycles. The Kier molecular flexibility index (Phi) is 7.36. The van der Waals surface area contributed by atoms with Crippen LogP contribution in [0, 0.1) is 5.92 Å². The molecule has 5 heteroatoms. The molecule has 0 unspecified atom stereocenters. The molecule has 2 aliphatic heterocycles. The Bertz CT molecular complexity index is 847. The first-order valence-electron chi connectivity index (χ1n) is 11.6. The molecule has 0 saturated carbocycles. The van der Waals surface area contributed by atoms with Crippen LogP contribution in [0.1, 0.15) is 30.4 Å². The average Bonchev–Trinajstić information content (AvgIpc) is 2.81. The van der Waals surface area contributed by atoms with Crippen LogP contribution in [0.5, 0.6) is 0 Å². The van der Waals surface area contributed by atoms with Crippen molar-refractivity contribution in [1.82, 2.24) is 15.1 Å². The van der Waals surface area contributed by atoms with Crippen LogP contribution in [-0.4, -0.2) is 60.4 Å². The molecule has 4 rings (SSSR count). The molecule has 2 saturated heterocycles. The molecule has 2 heterocycles. The number of carbonyl (C=O) groups excluding carboxylic acids is 2. The standard InChI is InChI=1S/C26H33N3O2/c30-25(29-16-12-23(13-17-29)19-22-9-5-2-6-10-22)20-24-26(31)27-14-18-28(24)15-11-21-7-3-1-4-8-21/h1-10,23-24H,11-20H2,(H,27,31)/t24-/m0/s1. The van der Waals surface area contributed by atoms with Crippen molar-refractivity contribution in [2.75, 3.05) is 32.7 Å². The van der Waals surface area contributed by atoms with Gasteiger partial charge in [-0.15, -0.1) is 0 Å². The van der Waals surface area contributed by atoms with Crippen molar-refractivity contribution >= 4 is 11.8 Å². The minimum atomic E-state index is -0.355. The molecule has 0 aliphatic carbocycles. The van der Waals surface area contributed by atoms with E-state index in [4.69, 9.17) is 0 Å².